The smallest absolute Gasteiger partial charge is 0.274 e. The fourth-order valence-corrected chi connectivity index (χ4v) is 2.84. The summed E-state index contributed by atoms with van der Waals surface area (Å²) < 4.78 is 10.3. The SMILES string of the molecule is CN(CCc1noc(-c2cc3cc(Cl)ccc3[nH]2)n1)C(=O)c1ccoc1. The van der Waals surface area contributed by atoms with Crippen molar-refractivity contribution >= 4 is 28.4 Å². The van der Waals surface area contributed by atoms with Crippen LogP contribution in [0.2, 0.25) is 5.02 Å². The van der Waals surface area contributed by atoms with Crippen LogP contribution in [-0.4, -0.2) is 39.5 Å². The van der Waals surface area contributed by atoms with Crippen molar-refractivity contribution in [2.24, 2.45) is 0 Å². The van der Waals surface area contributed by atoms with Gasteiger partial charge in [-0.05, 0) is 30.3 Å². The zero-order valence-electron chi connectivity index (χ0n) is 13.9. The van der Waals surface area contributed by atoms with Gasteiger partial charge in [-0.1, -0.05) is 16.8 Å². The van der Waals surface area contributed by atoms with Crippen LogP contribution in [0.5, 0.6) is 0 Å². The van der Waals surface area contributed by atoms with Gasteiger partial charge < -0.3 is 18.8 Å². The molecule has 4 rings (SSSR count). The molecule has 1 aromatic carbocycles. The normalized spacial score (nSPS) is 11.2. The molecule has 0 saturated heterocycles. The molecule has 0 aliphatic rings. The number of rotatable bonds is 5. The molecule has 0 aliphatic carbocycles. The van der Waals surface area contributed by atoms with Crippen LogP contribution >= 0.6 is 11.6 Å². The van der Waals surface area contributed by atoms with Crippen molar-refractivity contribution < 1.29 is 13.7 Å². The van der Waals surface area contributed by atoms with Gasteiger partial charge in [0.2, 0.25) is 0 Å². The molecule has 132 valence electrons. The highest BCUT2D eigenvalue weighted by Crippen LogP contribution is 2.25. The second kappa shape index (κ2) is 6.68. The summed E-state index contributed by atoms with van der Waals surface area (Å²) in [6, 6.07) is 9.12. The van der Waals surface area contributed by atoms with Crippen LogP contribution in [0.25, 0.3) is 22.5 Å². The molecule has 0 saturated carbocycles. The number of fused-ring (bicyclic) bond motifs is 1. The molecule has 3 heterocycles. The summed E-state index contributed by atoms with van der Waals surface area (Å²) in [5, 5.41) is 5.62. The molecular formula is C18H15ClN4O3. The summed E-state index contributed by atoms with van der Waals surface area (Å²) in [6.45, 7) is 0.464. The van der Waals surface area contributed by atoms with Crippen LogP contribution in [-0.2, 0) is 6.42 Å². The van der Waals surface area contributed by atoms with Crippen LogP contribution in [0.4, 0.5) is 0 Å². The molecule has 3 aromatic heterocycles. The van der Waals surface area contributed by atoms with Gasteiger partial charge in [0, 0.05) is 35.9 Å². The summed E-state index contributed by atoms with van der Waals surface area (Å²) in [6.07, 6.45) is 3.38. The first-order chi connectivity index (χ1) is 12.6. The van der Waals surface area contributed by atoms with E-state index in [9.17, 15) is 4.79 Å². The molecule has 0 bridgehead atoms. The average molecular weight is 371 g/mol. The van der Waals surface area contributed by atoms with Crippen molar-refractivity contribution in [1.82, 2.24) is 20.0 Å². The molecule has 7 nitrogen and oxygen atoms in total. The van der Waals surface area contributed by atoms with E-state index in [-0.39, 0.29) is 5.91 Å². The molecule has 0 fully saturated rings. The number of carbonyl (C=O) groups excluding carboxylic acids is 1. The Bertz CT molecular complexity index is 1050. The number of aromatic amines is 1. The summed E-state index contributed by atoms with van der Waals surface area (Å²) in [4.78, 5) is 21.4. The van der Waals surface area contributed by atoms with Crippen molar-refractivity contribution in [1.29, 1.82) is 0 Å². The van der Waals surface area contributed by atoms with E-state index in [1.165, 1.54) is 12.5 Å². The topological polar surface area (TPSA) is 88.2 Å². The number of benzene rings is 1. The molecular weight excluding hydrogens is 356 g/mol. The van der Waals surface area contributed by atoms with Gasteiger partial charge in [0.15, 0.2) is 5.82 Å². The number of hydrogen-bond acceptors (Lipinski definition) is 5. The highest BCUT2D eigenvalue weighted by molar-refractivity contribution is 6.31. The number of halogens is 1. The van der Waals surface area contributed by atoms with Gasteiger partial charge in [-0.15, -0.1) is 0 Å². The predicted octanol–water partition coefficient (Wildman–Crippen LogP) is 3.78. The third-order valence-electron chi connectivity index (χ3n) is 4.07. The average Bonchev–Trinajstić information content (AvgIpc) is 3.37. The minimum absolute atomic E-state index is 0.116. The van der Waals surface area contributed by atoms with Gasteiger partial charge >= 0.3 is 0 Å². The Morgan fingerprint density at radius 1 is 1.31 bits per heavy atom. The molecule has 0 atom stereocenters. The Balaban J connectivity index is 1.45. The van der Waals surface area contributed by atoms with Crippen molar-refractivity contribution in [2.75, 3.05) is 13.6 Å². The third kappa shape index (κ3) is 3.21. The fourth-order valence-electron chi connectivity index (χ4n) is 2.66. The fraction of sp³-hybridized carbons (Fsp3) is 0.167. The van der Waals surface area contributed by atoms with Crippen LogP contribution in [0.15, 0.2) is 51.8 Å². The number of carbonyl (C=O) groups is 1. The lowest BCUT2D eigenvalue weighted by molar-refractivity contribution is 0.0795. The Morgan fingerprint density at radius 3 is 3.00 bits per heavy atom. The first kappa shape index (κ1) is 16.4. The van der Waals surface area contributed by atoms with Gasteiger partial charge in [-0.25, -0.2) is 0 Å². The Morgan fingerprint density at radius 2 is 2.19 bits per heavy atom. The quantitative estimate of drug-likeness (QED) is 0.577. The van der Waals surface area contributed by atoms with Crippen LogP contribution < -0.4 is 0 Å². The molecule has 8 heteroatoms. The van der Waals surface area contributed by atoms with Crippen molar-refractivity contribution in [2.45, 2.75) is 6.42 Å². The first-order valence-electron chi connectivity index (χ1n) is 7.99. The summed E-state index contributed by atoms with van der Waals surface area (Å²) >= 11 is 6.01. The Labute approximate surface area is 153 Å². The second-order valence-electron chi connectivity index (χ2n) is 5.92. The third-order valence-corrected chi connectivity index (χ3v) is 4.30. The lowest BCUT2D eigenvalue weighted by Crippen LogP contribution is -2.28. The molecule has 0 aliphatic heterocycles. The number of H-pyrrole nitrogens is 1. The minimum atomic E-state index is -0.116. The second-order valence-corrected chi connectivity index (χ2v) is 6.36. The molecule has 1 amide bonds. The highest BCUT2D eigenvalue weighted by atomic mass is 35.5. The number of furan rings is 1. The maximum atomic E-state index is 12.2. The molecule has 4 aromatic rings. The summed E-state index contributed by atoms with van der Waals surface area (Å²) in [5.74, 6) is 0.814. The minimum Gasteiger partial charge on any atom is -0.472 e. The summed E-state index contributed by atoms with van der Waals surface area (Å²) in [7, 11) is 1.72. The van der Waals surface area contributed by atoms with Gasteiger partial charge in [-0.2, -0.15) is 4.98 Å². The number of nitrogens with one attached hydrogen (secondary N) is 1. The zero-order chi connectivity index (χ0) is 18.1. The molecule has 0 spiro atoms. The van der Waals surface area contributed by atoms with E-state index in [1.807, 2.05) is 24.3 Å². The lowest BCUT2D eigenvalue weighted by atomic mass is 10.2. The van der Waals surface area contributed by atoms with Gasteiger partial charge in [0.05, 0.1) is 11.8 Å². The van der Waals surface area contributed by atoms with Crippen LogP contribution in [0.3, 0.4) is 0 Å². The first-order valence-corrected chi connectivity index (χ1v) is 8.37. The number of nitrogens with zero attached hydrogens (tertiary/aromatic N) is 3. The van der Waals surface area contributed by atoms with E-state index >= 15 is 0 Å². The number of likely N-dealkylation sites (N-methyl/N-ethyl adjacent to an activating group) is 1. The van der Waals surface area contributed by atoms with E-state index in [0.29, 0.717) is 35.3 Å². The predicted molar refractivity (Wildman–Crippen MR) is 96.0 cm³/mol. The number of amides is 1. The highest BCUT2D eigenvalue weighted by Gasteiger charge is 2.15. The van der Waals surface area contributed by atoms with Gasteiger partial charge in [0.1, 0.15) is 12.0 Å². The molecule has 26 heavy (non-hydrogen) atoms. The van der Waals surface area contributed by atoms with Crippen LogP contribution in [0.1, 0.15) is 16.2 Å². The molecule has 1 N–H and O–H groups in total. The zero-order valence-corrected chi connectivity index (χ0v) is 14.7. The maximum absolute atomic E-state index is 12.2. The van der Waals surface area contributed by atoms with E-state index in [1.54, 1.807) is 18.0 Å². The largest absolute Gasteiger partial charge is 0.472 e. The van der Waals surface area contributed by atoms with E-state index in [0.717, 1.165) is 16.6 Å². The van der Waals surface area contributed by atoms with Gasteiger partial charge in [0.25, 0.3) is 11.8 Å². The van der Waals surface area contributed by atoms with E-state index < -0.39 is 0 Å². The van der Waals surface area contributed by atoms with Crippen molar-refractivity contribution in [3.63, 3.8) is 0 Å². The number of aromatic nitrogens is 3. The number of hydrogen-bond donors (Lipinski definition) is 1. The lowest BCUT2D eigenvalue weighted by Gasteiger charge is -2.14. The monoisotopic (exact) mass is 370 g/mol. The Kier molecular flexibility index (Phi) is 4.22. The van der Waals surface area contributed by atoms with Crippen molar-refractivity contribution in [3.05, 3.63) is 59.3 Å². The molecule has 0 unspecified atom stereocenters. The van der Waals surface area contributed by atoms with E-state index in [4.69, 9.17) is 20.5 Å². The Hall–Kier alpha value is -3.06. The van der Waals surface area contributed by atoms with E-state index in [2.05, 4.69) is 15.1 Å². The van der Waals surface area contributed by atoms with Crippen molar-refractivity contribution in [3.8, 4) is 11.6 Å². The molecule has 0 radical (unpaired) electrons. The van der Waals surface area contributed by atoms with Crippen LogP contribution in [0, 0.1) is 0 Å². The van der Waals surface area contributed by atoms with Gasteiger partial charge in [-0.3, -0.25) is 4.79 Å². The summed E-state index contributed by atoms with van der Waals surface area (Å²) in [5.41, 5.74) is 2.18. The standard InChI is InChI=1S/C18H15ClN4O3/c1-23(18(24)11-5-7-25-10-11)6-4-16-21-17(26-22-16)15-9-12-8-13(19)2-3-14(12)20-15/h2-3,5,7-10,20H,4,6H2,1H3. The maximum Gasteiger partial charge on any atom is 0.274 e.